The summed E-state index contributed by atoms with van der Waals surface area (Å²) in [5.41, 5.74) is 1.52. The summed E-state index contributed by atoms with van der Waals surface area (Å²) in [5, 5.41) is 8.83. The first kappa shape index (κ1) is 33.2. The van der Waals surface area contributed by atoms with Crippen LogP contribution in [0, 0.1) is 6.92 Å². The first-order chi connectivity index (χ1) is 18.0. The number of likely N-dealkylation sites (tertiary alicyclic amines) is 1. The zero-order chi connectivity index (χ0) is 27.2. The first-order valence-corrected chi connectivity index (χ1v) is 13.6. The van der Waals surface area contributed by atoms with Crippen molar-refractivity contribution in [3.8, 4) is 11.4 Å². The summed E-state index contributed by atoms with van der Waals surface area (Å²) < 4.78 is 22.9. The number of hydrogen-bond acceptors (Lipinski definition) is 9. The molecule has 0 spiro atoms. The molecule has 40 heavy (non-hydrogen) atoms. The Morgan fingerprint density at radius 2 is 1.88 bits per heavy atom. The number of methoxy groups -OCH3 is 1. The van der Waals surface area contributed by atoms with E-state index in [0.717, 1.165) is 0 Å². The molecule has 1 aliphatic rings. The van der Waals surface area contributed by atoms with Crippen molar-refractivity contribution in [2.24, 2.45) is 0 Å². The summed E-state index contributed by atoms with van der Waals surface area (Å²) in [6, 6.07) is 8.38. The van der Waals surface area contributed by atoms with Gasteiger partial charge in [-0.2, -0.15) is 15.0 Å². The molecule has 12 nitrogen and oxygen atoms in total. The van der Waals surface area contributed by atoms with E-state index in [0.29, 0.717) is 63.8 Å². The molecule has 0 unspecified atom stereocenters. The number of nitrogens with zero attached hydrogens (tertiary/aromatic N) is 6. The van der Waals surface area contributed by atoms with Crippen molar-refractivity contribution < 1.29 is 87.5 Å². The Bertz CT molecular complexity index is 1580. The number of imidazole rings is 1. The number of carbonyl (C=O) groups excluding carboxylic acids is 1. The Hall–Kier alpha value is -1.28. The third-order valence-electron chi connectivity index (χ3n) is 6.89. The van der Waals surface area contributed by atoms with Gasteiger partial charge in [-0.05, 0) is 62.6 Å². The Balaban J connectivity index is 0.00000220. The topological polar surface area (TPSA) is 150 Å². The molecule has 1 aliphatic heterocycles. The van der Waals surface area contributed by atoms with E-state index in [9.17, 15) is 19.1 Å². The summed E-state index contributed by atoms with van der Waals surface area (Å²) >= 11 is 6.33. The second-order valence-corrected chi connectivity index (χ2v) is 10.7. The van der Waals surface area contributed by atoms with Crippen molar-refractivity contribution in [3.05, 3.63) is 64.7 Å². The Morgan fingerprint density at radius 1 is 1.18 bits per heavy atom. The van der Waals surface area contributed by atoms with Crippen molar-refractivity contribution in [1.29, 1.82) is 0 Å². The van der Waals surface area contributed by atoms with E-state index in [1.807, 2.05) is 6.92 Å². The molecule has 5 rings (SSSR count). The van der Waals surface area contributed by atoms with Crippen LogP contribution in [0.15, 0.2) is 42.7 Å². The van der Waals surface area contributed by atoms with Gasteiger partial charge in [-0.25, -0.2) is 4.98 Å². The number of carbonyl (C=O) groups is 1. The van der Waals surface area contributed by atoms with Gasteiger partial charge >= 0.3 is 59.1 Å². The van der Waals surface area contributed by atoms with Crippen molar-refractivity contribution in [2.45, 2.75) is 39.0 Å². The molecule has 0 bridgehead atoms. The number of ether oxygens (including phenoxy) is 1. The van der Waals surface area contributed by atoms with Gasteiger partial charge in [-0.1, -0.05) is 11.6 Å². The van der Waals surface area contributed by atoms with Gasteiger partial charge in [0, 0.05) is 11.6 Å². The summed E-state index contributed by atoms with van der Waals surface area (Å²) in [4.78, 5) is 44.7. The van der Waals surface area contributed by atoms with Crippen molar-refractivity contribution in [3.63, 3.8) is 0 Å². The van der Waals surface area contributed by atoms with Gasteiger partial charge in [0.1, 0.15) is 18.3 Å². The van der Waals surface area contributed by atoms with E-state index in [2.05, 4.69) is 14.7 Å². The van der Waals surface area contributed by atoms with Crippen LogP contribution < -0.4 is 73.6 Å². The molecular formula is C24H24ClN6Na2O6P. The largest absolute Gasteiger partial charge is 1.00 e. The fraction of sp³-hybridized carbons (Fsp3) is 0.333. The zero-order valence-electron chi connectivity index (χ0n) is 22.8. The summed E-state index contributed by atoms with van der Waals surface area (Å²) in [6.07, 6.45) is 4.21. The van der Waals surface area contributed by atoms with Crippen LogP contribution in [0.4, 0.5) is 0 Å². The number of rotatable bonds is 7. The molecule has 1 fully saturated rings. The molecular weight excluding hydrogens is 581 g/mol. The van der Waals surface area contributed by atoms with E-state index < -0.39 is 20.1 Å². The molecule has 4 aromatic rings. The maximum atomic E-state index is 14.2. The molecule has 2 aromatic carbocycles. The molecule has 1 atom stereocenters. The maximum absolute atomic E-state index is 14.2. The molecule has 1 amide bonds. The number of aryl methyl sites for hydroxylation is 1. The van der Waals surface area contributed by atoms with Crippen LogP contribution in [0.2, 0.25) is 5.02 Å². The van der Waals surface area contributed by atoms with Crippen molar-refractivity contribution in [1.82, 2.24) is 29.4 Å². The molecule has 3 heterocycles. The average molecular weight is 605 g/mol. The Kier molecular flexibility index (Phi) is 10.7. The minimum atomic E-state index is -5.29. The standard InChI is InChI=1S/C24H26ClN6O6P.2Na/c1-15-18(25)6-8-20-21(15)28-23(29(20)14-37-38(33,34)35)24(2)9-4-12-30(24)22(32)17-13-16(36-3)5-7-19(17)31-26-10-11-27-31;;/h5-8,10-11,13H,4,9,12,14H2,1-3H3,(H2,33,34,35);;/q;2*+1/p-2/t24-;;/m0../s1. The van der Waals surface area contributed by atoms with E-state index in [4.69, 9.17) is 21.3 Å². The van der Waals surface area contributed by atoms with Crippen molar-refractivity contribution in [2.75, 3.05) is 13.7 Å². The Labute approximate surface area is 279 Å². The van der Waals surface area contributed by atoms with Gasteiger partial charge in [0.25, 0.3) is 5.91 Å². The third-order valence-corrected chi connectivity index (χ3v) is 7.73. The van der Waals surface area contributed by atoms with Gasteiger partial charge in [0.05, 0.1) is 55.1 Å². The van der Waals surface area contributed by atoms with Crippen LogP contribution in [0.1, 0.15) is 41.5 Å². The average Bonchev–Trinajstić information content (AvgIpc) is 3.63. The fourth-order valence-electron chi connectivity index (χ4n) is 4.97. The molecule has 200 valence electrons. The van der Waals surface area contributed by atoms with Gasteiger partial charge in [-0.3, -0.25) is 4.79 Å². The quantitative estimate of drug-likeness (QED) is 0.155. The number of hydrogen-bond donors (Lipinski definition) is 0. The second kappa shape index (κ2) is 12.9. The van der Waals surface area contributed by atoms with Gasteiger partial charge in [-0.15, -0.1) is 0 Å². The zero-order valence-corrected chi connectivity index (χ0v) is 28.5. The number of fused-ring (bicyclic) bond motifs is 1. The smallest absolute Gasteiger partial charge is 0.790 e. The van der Waals surface area contributed by atoms with E-state index >= 15 is 0 Å². The SMILES string of the molecule is COc1ccc(-n2nccn2)c(C(=O)N2CCC[C@@]2(C)c2nc3c(C)c(Cl)ccc3n2COP(=O)([O-])[O-])c1.[Na+].[Na+]. The number of aromatic nitrogens is 5. The monoisotopic (exact) mass is 604 g/mol. The number of amides is 1. The third kappa shape index (κ3) is 6.23. The van der Waals surface area contributed by atoms with E-state index in [1.54, 1.807) is 42.2 Å². The second-order valence-electron chi connectivity index (χ2n) is 9.14. The van der Waals surface area contributed by atoms with E-state index in [-0.39, 0.29) is 65.0 Å². The molecule has 0 radical (unpaired) electrons. The number of halogens is 1. The molecule has 16 heteroatoms. The summed E-state index contributed by atoms with van der Waals surface area (Å²) in [6.45, 7) is 3.46. The number of phosphoric ester groups is 1. The van der Waals surface area contributed by atoms with Crippen LogP contribution in [0.3, 0.4) is 0 Å². The predicted octanol–water partition coefficient (Wildman–Crippen LogP) is -3.45. The van der Waals surface area contributed by atoms with Crippen molar-refractivity contribution >= 4 is 36.4 Å². The minimum absolute atomic E-state index is 0. The van der Waals surface area contributed by atoms with E-state index in [1.165, 1.54) is 28.9 Å². The summed E-state index contributed by atoms with van der Waals surface area (Å²) in [5.74, 6) is 0.542. The normalized spacial score (nSPS) is 17.0. The molecule has 1 saturated heterocycles. The molecule has 0 aliphatic carbocycles. The predicted molar refractivity (Wildman–Crippen MR) is 134 cm³/mol. The van der Waals surface area contributed by atoms with Crippen LogP contribution >= 0.6 is 19.4 Å². The summed E-state index contributed by atoms with van der Waals surface area (Å²) in [7, 11) is -3.78. The van der Waals surface area contributed by atoms with Gasteiger partial charge in [0.2, 0.25) is 0 Å². The Morgan fingerprint density at radius 3 is 2.52 bits per heavy atom. The van der Waals surface area contributed by atoms with Crippen LogP contribution in [0.25, 0.3) is 16.7 Å². The number of phosphoric acid groups is 1. The van der Waals surface area contributed by atoms with Crippen LogP contribution in [-0.4, -0.2) is 49.0 Å². The fourth-order valence-corrected chi connectivity index (χ4v) is 5.37. The first-order valence-electron chi connectivity index (χ1n) is 11.7. The van der Waals surface area contributed by atoms with Crippen LogP contribution in [0.5, 0.6) is 5.75 Å². The number of benzene rings is 2. The van der Waals surface area contributed by atoms with Crippen LogP contribution in [-0.2, 0) is 21.4 Å². The maximum Gasteiger partial charge on any atom is 1.00 e. The molecule has 0 N–H and O–H groups in total. The molecule has 2 aromatic heterocycles. The molecule has 0 saturated carbocycles. The van der Waals surface area contributed by atoms with Gasteiger partial charge in [0.15, 0.2) is 0 Å². The minimum Gasteiger partial charge on any atom is -0.790 e. The van der Waals surface area contributed by atoms with Gasteiger partial charge < -0.3 is 33.1 Å².